The van der Waals surface area contributed by atoms with E-state index in [1.54, 1.807) is 11.8 Å². The molecule has 0 saturated heterocycles. The summed E-state index contributed by atoms with van der Waals surface area (Å²) in [7, 11) is 1.36. The predicted octanol–water partition coefficient (Wildman–Crippen LogP) is 3.21. The highest BCUT2D eigenvalue weighted by Crippen LogP contribution is 2.30. The maximum Gasteiger partial charge on any atom is 0.316 e. The van der Waals surface area contributed by atoms with Crippen LogP contribution in [-0.4, -0.2) is 29.9 Å². The highest BCUT2D eigenvalue weighted by Gasteiger charge is 2.27. The molecule has 0 amide bonds. The highest BCUT2D eigenvalue weighted by atomic mass is 32.2. The summed E-state index contributed by atoms with van der Waals surface area (Å²) >= 11 is 1.72. The highest BCUT2D eigenvalue weighted by molar-refractivity contribution is 8.00. The van der Waals surface area contributed by atoms with Crippen molar-refractivity contribution >= 4 is 23.5 Å². The average Bonchev–Trinajstić information content (AvgIpc) is 2.89. The third-order valence-electron chi connectivity index (χ3n) is 3.48. The fraction of sp³-hybridized carbons (Fsp3) is 0.857. The Morgan fingerprint density at radius 2 is 2.00 bits per heavy atom. The van der Waals surface area contributed by atoms with Crippen LogP contribution in [0, 0.1) is 5.92 Å². The van der Waals surface area contributed by atoms with E-state index in [-0.39, 0.29) is 11.8 Å². The number of Topliss-reactive ketones (excluding diaryl/α,β-unsaturated/α-hetero) is 1. The van der Waals surface area contributed by atoms with E-state index in [4.69, 9.17) is 4.74 Å². The van der Waals surface area contributed by atoms with Gasteiger partial charge >= 0.3 is 5.97 Å². The first-order chi connectivity index (χ1) is 8.69. The zero-order valence-corrected chi connectivity index (χ0v) is 12.3. The van der Waals surface area contributed by atoms with Gasteiger partial charge < -0.3 is 4.74 Å². The second-order valence-corrected chi connectivity index (χ2v) is 6.19. The maximum atomic E-state index is 12.1. The van der Waals surface area contributed by atoms with Gasteiger partial charge in [0.25, 0.3) is 0 Å². The van der Waals surface area contributed by atoms with Gasteiger partial charge in [0, 0.05) is 5.25 Å². The van der Waals surface area contributed by atoms with Crippen LogP contribution < -0.4 is 0 Å². The van der Waals surface area contributed by atoms with Crippen LogP contribution >= 0.6 is 11.8 Å². The lowest BCUT2D eigenvalue weighted by molar-refractivity contribution is -0.149. The molecule has 0 aliphatic heterocycles. The van der Waals surface area contributed by atoms with Crippen molar-refractivity contribution in [3.8, 4) is 0 Å². The van der Waals surface area contributed by atoms with Crippen molar-refractivity contribution in [3.05, 3.63) is 0 Å². The number of hydrogen-bond acceptors (Lipinski definition) is 4. The molecule has 0 radical (unpaired) electrons. The zero-order chi connectivity index (χ0) is 13.4. The van der Waals surface area contributed by atoms with Gasteiger partial charge in [0.05, 0.1) is 12.9 Å². The summed E-state index contributed by atoms with van der Waals surface area (Å²) < 4.78 is 4.73. The van der Waals surface area contributed by atoms with Gasteiger partial charge in [0.1, 0.15) is 5.92 Å². The Morgan fingerprint density at radius 1 is 1.33 bits per heavy atom. The molecule has 1 atom stereocenters. The van der Waals surface area contributed by atoms with E-state index in [9.17, 15) is 9.59 Å². The molecule has 1 unspecified atom stereocenters. The number of thioether (sulfide) groups is 1. The molecule has 1 rings (SSSR count). The summed E-state index contributed by atoms with van der Waals surface area (Å²) in [6, 6.07) is 0. The van der Waals surface area contributed by atoms with Crippen LogP contribution in [0.2, 0.25) is 0 Å². The standard InChI is InChI=1S/C14H24O3S/c1-3-4-9-12(14(16)17-2)13(15)10-18-11-7-5-6-8-11/h11-12H,3-10H2,1-2H3. The number of esters is 1. The third-order valence-corrected chi connectivity index (χ3v) is 4.88. The van der Waals surface area contributed by atoms with Crippen LogP contribution in [-0.2, 0) is 14.3 Å². The maximum absolute atomic E-state index is 12.1. The Bertz CT molecular complexity index is 272. The van der Waals surface area contributed by atoms with Crippen LogP contribution in [0.1, 0.15) is 51.9 Å². The largest absolute Gasteiger partial charge is 0.468 e. The van der Waals surface area contributed by atoms with Crippen molar-refractivity contribution in [1.29, 1.82) is 0 Å². The first kappa shape index (κ1) is 15.5. The minimum atomic E-state index is -0.538. The normalized spacial score (nSPS) is 17.7. The Kier molecular flexibility index (Phi) is 7.40. The zero-order valence-electron chi connectivity index (χ0n) is 11.4. The first-order valence-corrected chi connectivity index (χ1v) is 7.96. The van der Waals surface area contributed by atoms with E-state index in [1.807, 2.05) is 0 Å². The molecule has 0 aromatic carbocycles. The lowest BCUT2D eigenvalue weighted by Gasteiger charge is -2.14. The second kappa shape index (κ2) is 8.57. The number of unbranched alkanes of at least 4 members (excludes halogenated alkanes) is 1. The number of rotatable bonds is 8. The van der Waals surface area contributed by atoms with E-state index in [0.29, 0.717) is 17.4 Å². The van der Waals surface area contributed by atoms with Gasteiger partial charge in [-0.2, -0.15) is 11.8 Å². The third kappa shape index (κ3) is 5.01. The number of hydrogen-bond donors (Lipinski definition) is 0. The molecule has 1 aliphatic rings. The van der Waals surface area contributed by atoms with Gasteiger partial charge in [-0.05, 0) is 19.3 Å². The van der Waals surface area contributed by atoms with E-state index in [1.165, 1.54) is 32.8 Å². The molecular formula is C14H24O3S. The van der Waals surface area contributed by atoms with Gasteiger partial charge in [-0.3, -0.25) is 9.59 Å². The number of carbonyl (C=O) groups excluding carboxylic acids is 2. The van der Waals surface area contributed by atoms with Crippen LogP contribution in [0.15, 0.2) is 0 Å². The quantitative estimate of drug-likeness (QED) is 0.502. The molecule has 1 fully saturated rings. The van der Waals surface area contributed by atoms with Crippen LogP contribution in [0.25, 0.3) is 0 Å². The summed E-state index contributed by atoms with van der Waals surface area (Å²) in [6.07, 6.45) is 7.53. The second-order valence-electron chi connectivity index (χ2n) is 4.90. The monoisotopic (exact) mass is 272 g/mol. The van der Waals surface area contributed by atoms with Crippen molar-refractivity contribution in [2.75, 3.05) is 12.9 Å². The first-order valence-electron chi connectivity index (χ1n) is 6.91. The van der Waals surface area contributed by atoms with Crippen molar-refractivity contribution < 1.29 is 14.3 Å². The fourth-order valence-corrected chi connectivity index (χ4v) is 3.58. The molecule has 0 aromatic rings. The minimum Gasteiger partial charge on any atom is -0.468 e. The molecule has 0 heterocycles. The van der Waals surface area contributed by atoms with Gasteiger partial charge in [0.15, 0.2) is 5.78 Å². The van der Waals surface area contributed by atoms with E-state index >= 15 is 0 Å². The van der Waals surface area contributed by atoms with Crippen LogP contribution in [0.3, 0.4) is 0 Å². The van der Waals surface area contributed by atoms with Crippen LogP contribution in [0.5, 0.6) is 0 Å². The summed E-state index contributed by atoms with van der Waals surface area (Å²) in [5.74, 6) is -0.384. The minimum absolute atomic E-state index is 0.0483. The molecule has 0 spiro atoms. The molecule has 3 nitrogen and oxygen atoms in total. The van der Waals surface area contributed by atoms with Gasteiger partial charge in [-0.25, -0.2) is 0 Å². The summed E-state index contributed by atoms with van der Waals surface area (Å²) in [6.45, 7) is 2.06. The van der Waals surface area contributed by atoms with E-state index in [0.717, 1.165) is 12.8 Å². The van der Waals surface area contributed by atoms with E-state index < -0.39 is 5.92 Å². The Labute approximate surface area is 114 Å². The Morgan fingerprint density at radius 3 is 2.56 bits per heavy atom. The molecule has 0 N–H and O–H groups in total. The molecule has 18 heavy (non-hydrogen) atoms. The summed E-state index contributed by atoms with van der Waals surface area (Å²) in [5, 5.41) is 0.624. The number of methoxy groups -OCH3 is 1. The Hall–Kier alpha value is -0.510. The smallest absolute Gasteiger partial charge is 0.316 e. The van der Waals surface area contributed by atoms with Gasteiger partial charge in [-0.1, -0.05) is 32.6 Å². The fourth-order valence-electron chi connectivity index (χ4n) is 2.32. The number of carbonyl (C=O) groups is 2. The number of ether oxygens (including phenoxy) is 1. The topological polar surface area (TPSA) is 43.4 Å². The molecule has 1 saturated carbocycles. The lowest BCUT2D eigenvalue weighted by atomic mass is 9.98. The van der Waals surface area contributed by atoms with Crippen molar-refractivity contribution in [2.24, 2.45) is 5.92 Å². The summed E-state index contributed by atoms with van der Waals surface area (Å²) in [5.41, 5.74) is 0. The molecule has 0 bridgehead atoms. The van der Waals surface area contributed by atoms with Crippen molar-refractivity contribution in [3.63, 3.8) is 0 Å². The SMILES string of the molecule is CCCCC(C(=O)CSC1CCCC1)C(=O)OC. The molecular weight excluding hydrogens is 248 g/mol. The lowest BCUT2D eigenvalue weighted by Crippen LogP contribution is -2.27. The van der Waals surface area contributed by atoms with Crippen molar-refractivity contribution in [2.45, 2.75) is 57.1 Å². The Balaban J connectivity index is 2.39. The predicted molar refractivity (Wildman–Crippen MR) is 74.8 cm³/mol. The van der Waals surface area contributed by atoms with Gasteiger partial charge in [0.2, 0.25) is 0 Å². The van der Waals surface area contributed by atoms with Gasteiger partial charge in [-0.15, -0.1) is 0 Å². The molecule has 0 aromatic heterocycles. The van der Waals surface area contributed by atoms with E-state index in [2.05, 4.69) is 6.92 Å². The van der Waals surface area contributed by atoms with Crippen LogP contribution in [0.4, 0.5) is 0 Å². The summed E-state index contributed by atoms with van der Waals surface area (Å²) in [4.78, 5) is 23.7. The molecule has 104 valence electrons. The molecule has 1 aliphatic carbocycles. The van der Waals surface area contributed by atoms with Crippen molar-refractivity contribution in [1.82, 2.24) is 0 Å². The average molecular weight is 272 g/mol. The molecule has 4 heteroatoms. The number of ketones is 1.